The molecule has 0 spiro atoms. The zero-order valence-electron chi connectivity index (χ0n) is 24.5. The summed E-state index contributed by atoms with van der Waals surface area (Å²) in [6.45, 7) is 2.41. The lowest BCUT2D eigenvalue weighted by Gasteiger charge is -2.37. The molecule has 1 aliphatic carbocycles. The van der Waals surface area contributed by atoms with Crippen LogP contribution >= 0.6 is 0 Å². The Morgan fingerprint density at radius 1 is 0.953 bits per heavy atom. The maximum Gasteiger partial charge on any atom is 0.262 e. The first-order valence-electron chi connectivity index (χ1n) is 15.0. The van der Waals surface area contributed by atoms with E-state index in [9.17, 15) is 18.0 Å². The number of sulfonamides is 1. The molecule has 0 saturated heterocycles. The average Bonchev–Trinajstić information content (AvgIpc) is 3.04. The summed E-state index contributed by atoms with van der Waals surface area (Å²) in [5.74, 6) is 0.260. The highest BCUT2D eigenvalue weighted by atomic mass is 32.2. The van der Waals surface area contributed by atoms with Crippen LogP contribution in [-0.2, 0) is 26.0 Å². The number of benzene rings is 3. The van der Waals surface area contributed by atoms with E-state index in [1.54, 1.807) is 36.4 Å². The number of hydrogen-bond donors (Lipinski definition) is 1. The van der Waals surface area contributed by atoms with Crippen molar-refractivity contribution in [3.05, 3.63) is 84.4 Å². The van der Waals surface area contributed by atoms with Gasteiger partial charge in [0, 0.05) is 12.6 Å². The molecule has 1 heterocycles. The number of ether oxygens (including phenoxy) is 2. The Balaban J connectivity index is 1.35. The molecule has 1 aliphatic heterocycles. The lowest BCUT2D eigenvalue weighted by Crippen LogP contribution is -2.54. The molecule has 0 bridgehead atoms. The van der Waals surface area contributed by atoms with Gasteiger partial charge in [-0.15, -0.1) is 0 Å². The van der Waals surface area contributed by atoms with Crippen LogP contribution in [0.25, 0.3) is 0 Å². The zero-order chi connectivity index (χ0) is 30.2. The van der Waals surface area contributed by atoms with Crippen LogP contribution in [0.1, 0.15) is 44.6 Å². The third kappa shape index (κ3) is 7.37. The molecule has 10 heteroatoms. The van der Waals surface area contributed by atoms with E-state index >= 15 is 0 Å². The molecule has 0 aromatic heterocycles. The van der Waals surface area contributed by atoms with Crippen LogP contribution in [-0.4, -0.2) is 62.9 Å². The van der Waals surface area contributed by atoms with Crippen LogP contribution in [0.15, 0.2) is 83.8 Å². The van der Waals surface area contributed by atoms with E-state index in [-0.39, 0.29) is 29.9 Å². The van der Waals surface area contributed by atoms with E-state index in [2.05, 4.69) is 5.32 Å². The highest BCUT2D eigenvalue weighted by molar-refractivity contribution is 7.89. The number of hydrogen-bond acceptors (Lipinski definition) is 6. The maximum absolute atomic E-state index is 14.0. The zero-order valence-corrected chi connectivity index (χ0v) is 25.3. The van der Waals surface area contributed by atoms with Crippen molar-refractivity contribution in [2.45, 2.75) is 62.5 Å². The van der Waals surface area contributed by atoms with E-state index in [1.165, 1.54) is 21.3 Å². The minimum Gasteiger partial charge on any atom is -0.494 e. The SMILES string of the molecule is CCOc1ccc(S(=O)(=O)N(CC(=O)N2C[C@H](C(=O)NCCc3ccccc3)Oc3ccccc32)C2CCCCC2)cc1. The van der Waals surface area contributed by atoms with Crippen LogP contribution < -0.4 is 19.7 Å². The van der Waals surface area contributed by atoms with E-state index in [0.29, 0.717) is 49.6 Å². The summed E-state index contributed by atoms with van der Waals surface area (Å²) >= 11 is 0. The van der Waals surface area contributed by atoms with Crippen molar-refractivity contribution in [3.63, 3.8) is 0 Å². The molecule has 0 radical (unpaired) electrons. The third-order valence-corrected chi connectivity index (χ3v) is 9.85. The summed E-state index contributed by atoms with van der Waals surface area (Å²) in [6.07, 6.45) is 3.96. The van der Waals surface area contributed by atoms with Crippen molar-refractivity contribution in [3.8, 4) is 11.5 Å². The lowest BCUT2D eigenvalue weighted by atomic mass is 9.95. The van der Waals surface area contributed by atoms with Crippen molar-refractivity contribution in [1.29, 1.82) is 0 Å². The van der Waals surface area contributed by atoms with Gasteiger partial charge in [-0.2, -0.15) is 4.31 Å². The van der Waals surface area contributed by atoms with E-state index < -0.39 is 22.0 Å². The number of carbonyl (C=O) groups excluding carboxylic acids is 2. The largest absolute Gasteiger partial charge is 0.494 e. The van der Waals surface area contributed by atoms with Gasteiger partial charge >= 0.3 is 0 Å². The van der Waals surface area contributed by atoms with Crippen LogP contribution in [0.2, 0.25) is 0 Å². The number of para-hydroxylation sites is 2. The Labute approximate surface area is 253 Å². The smallest absolute Gasteiger partial charge is 0.262 e. The van der Waals surface area contributed by atoms with Gasteiger partial charge in [0.05, 0.1) is 30.3 Å². The minimum atomic E-state index is -3.99. The molecule has 1 saturated carbocycles. The molecule has 1 atom stereocenters. The van der Waals surface area contributed by atoms with Gasteiger partial charge in [0.2, 0.25) is 15.9 Å². The first-order chi connectivity index (χ1) is 20.9. The molecular formula is C33H39N3O6S. The van der Waals surface area contributed by atoms with Gasteiger partial charge < -0.3 is 19.7 Å². The van der Waals surface area contributed by atoms with Gasteiger partial charge in [0.1, 0.15) is 11.5 Å². The van der Waals surface area contributed by atoms with Crippen LogP contribution in [0, 0.1) is 0 Å². The standard InChI is InChI=1S/C33H39N3O6S/c1-2-41-27-17-19-28(20-18-27)43(39,40)36(26-13-7-4-8-14-26)24-32(37)35-23-31(42-30-16-10-9-15-29(30)35)33(38)34-22-21-25-11-5-3-6-12-25/h3,5-6,9-12,15-20,26,31H,2,4,7-8,13-14,21-24H2,1H3,(H,34,38)/t31-/m1/s1. The van der Waals surface area contributed by atoms with Gasteiger partial charge in [0.15, 0.2) is 6.10 Å². The van der Waals surface area contributed by atoms with Gasteiger partial charge in [-0.3, -0.25) is 9.59 Å². The number of rotatable bonds is 11. The van der Waals surface area contributed by atoms with Crippen LogP contribution in [0.4, 0.5) is 5.69 Å². The maximum atomic E-state index is 14.0. The first kappa shape index (κ1) is 30.6. The molecule has 3 aromatic rings. The summed E-state index contributed by atoms with van der Waals surface area (Å²) in [7, 11) is -3.99. The molecule has 3 aromatic carbocycles. The van der Waals surface area contributed by atoms with Gasteiger partial charge in [-0.25, -0.2) is 8.42 Å². The minimum absolute atomic E-state index is 0.0192. The summed E-state index contributed by atoms with van der Waals surface area (Å²) in [5, 5.41) is 2.92. The summed E-state index contributed by atoms with van der Waals surface area (Å²) in [4.78, 5) is 28.8. The van der Waals surface area contributed by atoms with Crippen molar-refractivity contribution >= 4 is 27.5 Å². The van der Waals surface area contributed by atoms with Gasteiger partial charge in [-0.1, -0.05) is 61.7 Å². The fourth-order valence-electron chi connectivity index (χ4n) is 5.70. The quantitative estimate of drug-likeness (QED) is 0.344. The predicted molar refractivity (Wildman–Crippen MR) is 165 cm³/mol. The second-order valence-corrected chi connectivity index (χ2v) is 12.7. The van der Waals surface area contributed by atoms with Crippen LogP contribution in [0.3, 0.4) is 0 Å². The molecule has 5 rings (SSSR count). The Kier molecular flexibility index (Phi) is 9.99. The second kappa shape index (κ2) is 14.1. The molecule has 228 valence electrons. The first-order valence-corrected chi connectivity index (χ1v) is 16.4. The van der Waals surface area contributed by atoms with E-state index in [0.717, 1.165) is 24.8 Å². The number of nitrogens with zero attached hydrogens (tertiary/aromatic N) is 2. The van der Waals surface area contributed by atoms with Gasteiger partial charge in [0.25, 0.3) is 5.91 Å². The topological polar surface area (TPSA) is 105 Å². The Hall–Kier alpha value is -3.89. The molecular weight excluding hydrogens is 566 g/mol. The molecule has 2 amide bonds. The Morgan fingerprint density at radius 3 is 2.37 bits per heavy atom. The normalized spacial score (nSPS) is 17.2. The molecule has 43 heavy (non-hydrogen) atoms. The Bertz CT molecular complexity index is 1490. The molecule has 0 unspecified atom stereocenters. The van der Waals surface area contributed by atoms with Crippen molar-refractivity contribution in [2.75, 3.05) is 31.1 Å². The lowest BCUT2D eigenvalue weighted by molar-refractivity contribution is -0.128. The van der Waals surface area contributed by atoms with E-state index in [1.807, 2.05) is 37.3 Å². The van der Waals surface area contributed by atoms with Crippen LogP contribution in [0.5, 0.6) is 11.5 Å². The highest BCUT2D eigenvalue weighted by Crippen LogP contribution is 2.34. The summed E-state index contributed by atoms with van der Waals surface area (Å²) in [6, 6.07) is 22.9. The highest BCUT2D eigenvalue weighted by Gasteiger charge is 2.38. The summed E-state index contributed by atoms with van der Waals surface area (Å²) in [5.41, 5.74) is 1.62. The number of anilines is 1. The fourth-order valence-corrected chi connectivity index (χ4v) is 7.34. The molecule has 1 fully saturated rings. The second-order valence-electron chi connectivity index (χ2n) is 10.9. The third-order valence-electron chi connectivity index (χ3n) is 7.94. The van der Waals surface area contributed by atoms with Crippen molar-refractivity contribution in [2.24, 2.45) is 0 Å². The van der Waals surface area contributed by atoms with Crippen molar-refractivity contribution < 1.29 is 27.5 Å². The van der Waals surface area contributed by atoms with E-state index in [4.69, 9.17) is 9.47 Å². The molecule has 1 N–H and O–H groups in total. The van der Waals surface area contributed by atoms with Crippen molar-refractivity contribution in [1.82, 2.24) is 9.62 Å². The van der Waals surface area contributed by atoms with Gasteiger partial charge in [-0.05, 0) is 68.1 Å². The monoisotopic (exact) mass is 605 g/mol. The average molecular weight is 606 g/mol. The number of nitrogens with one attached hydrogen (secondary N) is 1. The Morgan fingerprint density at radius 2 is 1.65 bits per heavy atom. The predicted octanol–water partition coefficient (Wildman–Crippen LogP) is 4.56. The number of fused-ring (bicyclic) bond motifs is 1. The fraction of sp³-hybridized carbons (Fsp3) is 0.394. The summed E-state index contributed by atoms with van der Waals surface area (Å²) < 4.78 is 40.9. The molecule has 2 aliphatic rings. The number of carbonyl (C=O) groups is 2. The number of amides is 2. The molecule has 9 nitrogen and oxygen atoms in total.